The average molecular weight is 868 g/mol. The quantitative estimate of drug-likeness (QED) is 0.153. The first kappa shape index (κ1) is 39.4. The van der Waals surface area contributed by atoms with Gasteiger partial charge in [0.1, 0.15) is 11.2 Å². The summed E-state index contributed by atoms with van der Waals surface area (Å²) in [5.74, 6) is 1.76. The third-order valence-corrected chi connectivity index (χ3v) is 13.6. The molecule has 12 aromatic rings. The summed E-state index contributed by atoms with van der Waals surface area (Å²) in [6, 6.07) is 88.2. The lowest BCUT2D eigenvalue weighted by molar-refractivity contribution is 0.669. The predicted octanol–water partition coefficient (Wildman–Crippen LogP) is 16.1. The molecule has 318 valence electrons. The van der Waals surface area contributed by atoms with Gasteiger partial charge in [-0.25, -0.2) is 15.0 Å². The Morgan fingerprint density at radius 2 is 0.765 bits per heavy atom. The van der Waals surface area contributed by atoms with Gasteiger partial charge in [-0.05, 0) is 97.1 Å². The van der Waals surface area contributed by atoms with Crippen molar-refractivity contribution in [2.45, 2.75) is 5.41 Å². The van der Waals surface area contributed by atoms with Crippen LogP contribution in [0.25, 0.3) is 101 Å². The first-order valence-corrected chi connectivity index (χ1v) is 23.1. The van der Waals surface area contributed by atoms with Crippen LogP contribution in [0.15, 0.2) is 253 Å². The predicted molar refractivity (Wildman–Crippen MR) is 277 cm³/mol. The molecular formula is C64H41N3O. The van der Waals surface area contributed by atoms with Crippen LogP contribution in [0.2, 0.25) is 0 Å². The third-order valence-electron chi connectivity index (χ3n) is 13.6. The molecule has 0 atom stereocenters. The van der Waals surface area contributed by atoms with Gasteiger partial charge in [0.25, 0.3) is 0 Å². The smallest absolute Gasteiger partial charge is 0.164 e. The zero-order valence-corrected chi connectivity index (χ0v) is 36.9. The summed E-state index contributed by atoms with van der Waals surface area (Å²) < 4.78 is 6.69. The first-order valence-electron chi connectivity index (χ1n) is 23.1. The minimum Gasteiger partial charge on any atom is -0.456 e. The van der Waals surface area contributed by atoms with Crippen molar-refractivity contribution in [3.8, 4) is 78.7 Å². The van der Waals surface area contributed by atoms with Gasteiger partial charge in [0.15, 0.2) is 17.5 Å². The molecule has 0 saturated heterocycles. The van der Waals surface area contributed by atoms with Crippen LogP contribution in [-0.4, -0.2) is 15.0 Å². The number of furan rings is 1. The zero-order chi connectivity index (χ0) is 45.0. The number of nitrogens with zero attached hydrogens (tertiary/aromatic N) is 3. The number of fused-ring (bicyclic) bond motifs is 6. The van der Waals surface area contributed by atoms with Crippen molar-refractivity contribution in [2.24, 2.45) is 0 Å². The molecule has 4 nitrogen and oxygen atoms in total. The fraction of sp³-hybridized carbons (Fsp3) is 0.0156. The third kappa shape index (κ3) is 6.41. The molecule has 0 aliphatic heterocycles. The molecule has 13 rings (SSSR count). The van der Waals surface area contributed by atoms with Crippen LogP contribution in [0.1, 0.15) is 22.3 Å². The molecule has 68 heavy (non-hydrogen) atoms. The van der Waals surface area contributed by atoms with E-state index in [4.69, 9.17) is 19.4 Å². The van der Waals surface area contributed by atoms with E-state index in [0.717, 1.165) is 66.4 Å². The van der Waals surface area contributed by atoms with Gasteiger partial charge in [-0.1, -0.05) is 218 Å². The maximum Gasteiger partial charge on any atom is 0.164 e. The second-order valence-electron chi connectivity index (χ2n) is 17.4. The molecule has 0 bridgehead atoms. The second-order valence-corrected chi connectivity index (χ2v) is 17.4. The monoisotopic (exact) mass is 867 g/mol. The van der Waals surface area contributed by atoms with Gasteiger partial charge in [0, 0.05) is 27.5 Å². The van der Waals surface area contributed by atoms with E-state index in [2.05, 4.69) is 224 Å². The summed E-state index contributed by atoms with van der Waals surface area (Å²) in [5.41, 5.74) is 18.0. The Labute approximate surface area is 394 Å². The lowest BCUT2D eigenvalue weighted by atomic mass is 9.67. The molecule has 1 aliphatic rings. The Morgan fingerprint density at radius 1 is 0.294 bits per heavy atom. The molecule has 2 aromatic heterocycles. The van der Waals surface area contributed by atoms with Gasteiger partial charge in [0.2, 0.25) is 0 Å². The van der Waals surface area contributed by atoms with Crippen molar-refractivity contribution < 1.29 is 4.42 Å². The van der Waals surface area contributed by atoms with Crippen molar-refractivity contribution >= 4 is 21.9 Å². The van der Waals surface area contributed by atoms with Gasteiger partial charge in [0.05, 0.1) is 5.41 Å². The standard InChI is InChI=1S/C64H41N3O/c1-5-19-42(20-6-1)44-23-15-25-47(39-44)61-65-62(48-26-16-24-45(40-48)43-21-7-2-8-22-43)67-63(66-61)53-33-18-36-58-60(53)54-41-46(37-38-57(54)68-58)51-32-17-35-56-59(51)52-31-13-14-34-55(52)64(56,49-27-9-3-10-28-49)50-29-11-4-12-30-50/h1-41H. The van der Waals surface area contributed by atoms with Crippen molar-refractivity contribution in [3.63, 3.8) is 0 Å². The number of rotatable bonds is 8. The lowest BCUT2D eigenvalue weighted by Crippen LogP contribution is -2.28. The second kappa shape index (κ2) is 16.2. The van der Waals surface area contributed by atoms with E-state index in [9.17, 15) is 0 Å². The minimum atomic E-state index is -0.501. The molecule has 10 aromatic carbocycles. The molecule has 0 radical (unpaired) electrons. The summed E-state index contributed by atoms with van der Waals surface area (Å²) in [6.45, 7) is 0. The molecule has 0 fully saturated rings. The average Bonchev–Trinajstić information content (AvgIpc) is 3.96. The Morgan fingerprint density at radius 3 is 1.40 bits per heavy atom. The normalized spacial score (nSPS) is 12.5. The maximum absolute atomic E-state index is 6.69. The van der Waals surface area contributed by atoms with Crippen LogP contribution in [0.5, 0.6) is 0 Å². The number of hydrogen-bond donors (Lipinski definition) is 0. The van der Waals surface area contributed by atoms with Gasteiger partial charge in [-0.2, -0.15) is 0 Å². The van der Waals surface area contributed by atoms with Crippen LogP contribution in [0.3, 0.4) is 0 Å². The van der Waals surface area contributed by atoms with E-state index in [1.54, 1.807) is 0 Å². The summed E-state index contributed by atoms with van der Waals surface area (Å²) in [7, 11) is 0. The van der Waals surface area contributed by atoms with Crippen LogP contribution in [-0.2, 0) is 5.41 Å². The minimum absolute atomic E-state index is 0.501. The van der Waals surface area contributed by atoms with E-state index < -0.39 is 5.41 Å². The van der Waals surface area contributed by atoms with Crippen molar-refractivity contribution in [1.82, 2.24) is 15.0 Å². The molecule has 0 N–H and O–H groups in total. The van der Waals surface area contributed by atoms with Crippen LogP contribution in [0.4, 0.5) is 0 Å². The van der Waals surface area contributed by atoms with E-state index in [1.807, 2.05) is 24.3 Å². The van der Waals surface area contributed by atoms with Crippen LogP contribution >= 0.6 is 0 Å². The molecule has 2 heterocycles. The van der Waals surface area contributed by atoms with Crippen LogP contribution < -0.4 is 0 Å². The number of hydrogen-bond acceptors (Lipinski definition) is 4. The molecule has 4 heteroatoms. The number of benzene rings is 10. The summed E-state index contributed by atoms with van der Waals surface area (Å²) in [6.07, 6.45) is 0. The molecule has 0 saturated carbocycles. The molecule has 0 spiro atoms. The Bertz CT molecular complexity index is 3700. The highest BCUT2D eigenvalue weighted by atomic mass is 16.3. The van der Waals surface area contributed by atoms with Gasteiger partial charge in [-0.15, -0.1) is 0 Å². The van der Waals surface area contributed by atoms with E-state index in [1.165, 1.54) is 38.9 Å². The summed E-state index contributed by atoms with van der Waals surface area (Å²) >= 11 is 0. The lowest BCUT2D eigenvalue weighted by Gasteiger charge is -2.34. The van der Waals surface area contributed by atoms with Gasteiger partial charge >= 0.3 is 0 Å². The van der Waals surface area contributed by atoms with E-state index in [0.29, 0.717) is 17.5 Å². The highest BCUT2D eigenvalue weighted by molar-refractivity contribution is 6.13. The van der Waals surface area contributed by atoms with Crippen LogP contribution in [0, 0.1) is 0 Å². The van der Waals surface area contributed by atoms with E-state index >= 15 is 0 Å². The fourth-order valence-corrected chi connectivity index (χ4v) is 10.6. The largest absolute Gasteiger partial charge is 0.456 e. The fourth-order valence-electron chi connectivity index (χ4n) is 10.6. The van der Waals surface area contributed by atoms with E-state index in [-0.39, 0.29) is 0 Å². The summed E-state index contributed by atoms with van der Waals surface area (Å²) in [5, 5.41) is 1.95. The highest BCUT2D eigenvalue weighted by Gasteiger charge is 2.46. The molecule has 0 amide bonds. The molecule has 0 unspecified atom stereocenters. The first-order chi connectivity index (χ1) is 33.7. The van der Waals surface area contributed by atoms with Gasteiger partial charge in [-0.3, -0.25) is 0 Å². The maximum atomic E-state index is 6.69. The topological polar surface area (TPSA) is 51.8 Å². The molecule has 1 aliphatic carbocycles. The number of aromatic nitrogens is 3. The highest BCUT2D eigenvalue weighted by Crippen LogP contribution is 2.58. The van der Waals surface area contributed by atoms with Crippen molar-refractivity contribution in [1.29, 1.82) is 0 Å². The van der Waals surface area contributed by atoms with Crippen molar-refractivity contribution in [2.75, 3.05) is 0 Å². The van der Waals surface area contributed by atoms with Crippen molar-refractivity contribution in [3.05, 3.63) is 271 Å². The zero-order valence-electron chi connectivity index (χ0n) is 36.9. The molecular weight excluding hydrogens is 827 g/mol. The Balaban J connectivity index is 1.01. The summed E-state index contributed by atoms with van der Waals surface area (Å²) in [4.78, 5) is 15.8. The SMILES string of the molecule is c1ccc(-c2cccc(-c3nc(-c4cccc(-c5ccccc5)c4)nc(-c4cccc5oc6ccc(-c7cccc8c7-c7ccccc7C8(c7ccccc7)c7ccccc7)cc6c45)n3)c2)cc1. The Hall–Kier alpha value is -8.99. The van der Waals surface area contributed by atoms with Gasteiger partial charge < -0.3 is 4.42 Å². The Kier molecular flexibility index (Phi) is 9.36.